The van der Waals surface area contributed by atoms with E-state index in [2.05, 4.69) is 11.4 Å². The lowest BCUT2D eigenvalue weighted by Gasteiger charge is -2.32. The van der Waals surface area contributed by atoms with E-state index in [1.807, 2.05) is 12.1 Å². The second-order valence-corrected chi connectivity index (χ2v) is 4.38. The second kappa shape index (κ2) is 5.17. The van der Waals surface area contributed by atoms with Crippen LogP contribution in [0.3, 0.4) is 0 Å². The maximum Gasteiger partial charge on any atom is 0.0991 e. The fourth-order valence-electron chi connectivity index (χ4n) is 1.86. The van der Waals surface area contributed by atoms with Crippen LogP contribution >= 0.6 is 0 Å². The van der Waals surface area contributed by atoms with Gasteiger partial charge in [0, 0.05) is 38.3 Å². The Labute approximate surface area is 101 Å². The van der Waals surface area contributed by atoms with Crippen LogP contribution in [-0.4, -0.2) is 30.5 Å². The normalized spacial score (nSPS) is 18.4. The van der Waals surface area contributed by atoms with Crippen LogP contribution in [0.1, 0.15) is 18.4 Å². The van der Waals surface area contributed by atoms with Gasteiger partial charge in [0.05, 0.1) is 17.2 Å². The quantitative estimate of drug-likeness (QED) is 0.829. The largest absolute Gasteiger partial charge is 0.388 e. The highest BCUT2D eigenvalue weighted by Crippen LogP contribution is 2.21. The van der Waals surface area contributed by atoms with Crippen molar-refractivity contribution in [2.24, 2.45) is 0 Å². The number of hydrogen-bond acceptors (Lipinski definition) is 4. The minimum atomic E-state index is -0.674. The Morgan fingerprint density at radius 1 is 1.29 bits per heavy atom. The van der Waals surface area contributed by atoms with E-state index < -0.39 is 5.60 Å². The van der Waals surface area contributed by atoms with Gasteiger partial charge in [-0.2, -0.15) is 5.26 Å². The van der Waals surface area contributed by atoms with Gasteiger partial charge in [-0.15, -0.1) is 0 Å². The van der Waals surface area contributed by atoms with Crippen molar-refractivity contribution in [2.45, 2.75) is 18.4 Å². The molecule has 0 unspecified atom stereocenters. The second-order valence-electron chi connectivity index (χ2n) is 4.38. The minimum Gasteiger partial charge on any atom is -0.388 e. The standard InChI is InChI=1S/C13H16N2O2/c14-9-11-1-3-12(4-2-11)15-10-13(16)5-7-17-8-6-13/h1-4,15-16H,5-8,10H2. The van der Waals surface area contributed by atoms with Gasteiger partial charge in [0.2, 0.25) is 0 Å². The molecule has 0 spiro atoms. The lowest BCUT2D eigenvalue weighted by molar-refractivity contribution is -0.0543. The van der Waals surface area contributed by atoms with Gasteiger partial charge in [0.1, 0.15) is 0 Å². The summed E-state index contributed by atoms with van der Waals surface area (Å²) in [7, 11) is 0. The third-order valence-electron chi connectivity index (χ3n) is 3.06. The average molecular weight is 232 g/mol. The first-order chi connectivity index (χ1) is 8.22. The number of nitriles is 1. The first-order valence-corrected chi connectivity index (χ1v) is 5.76. The smallest absolute Gasteiger partial charge is 0.0991 e. The maximum absolute atomic E-state index is 10.2. The molecule has 1 fully saturated rings. The molecule has 1 aliphatic rings. The molecule has 0 bridgehead atoms. The molecule has 0 atom stereocenters. The molecule has 1 aliphatic heterocycles. The highest BCUT2D eigenvalue weighted by molar-refractivity contribution is 5.47. The third-order valence-corrected chi connectivity index (χ3v) is 3.06. The van der Waals surface area contributed by atoms with Gasteiger partial charge in [-0.1, -0.05) is 0 Å². The Kier molecular flexibility index (Phi) is 3.62. The predicted octanol–water partition coefficient (Wildman–Crippen LogP) is 1.51. The van der Waals surface area contributed by atoms with E-state index in [1.165, 1.54) is 0 Å². The SMILES string of the molecule is N#Cc1ccc(NCC2(O)CCOCC2)cc1. The van der Waals surface area contributed by atoms with Crippen LogP contribution in [0.15, 0.2) is 24.3 Å². The molecule has 0 aromatic heterocycles. The maximum atomic E-state index is 10.2. The third kappa shape index (κ3) is 3.19. The van der Waals surface area contributed by atoms with Crippen molar-refractivity contribution in [3.8, 4) is 6.07 Å². The van der Waals surface area contributed by atoms with Crippen LogP contribution in [0.5, 0.6) is 0 Å². The molecule has 1 saturated heterocycles. The van der Waals surface area contributed by atoms with Crippen molar-refractivity contribution < 1.29 is 9.84 Å². The summed E-state index contributed by atoms with van der Waals surface area (Å²) < 4.78 is 5.22. The van der Waals surface area contributed by atoms with Gasteiger partial charge in [-0.25, -0.2) is 0 Å². The Bertz CT molecular complexity index is 402. The zero-order chi connectivity index (χ0) is 12.1. The summed E-state index contributed by atoms with van der Waals surface area (Å²) in [5.41, 5.74) is 0.885. The Morgan fingerprint density at radius 3 is 2.53 bits per heavy atom. The molecule has 1 heterocycles. The predicted molar refractivity (Wildman–Crippen MR) is 64.6 cm³/mol. The average Bonchev–Trinajstić information content (AvgIpc) is 2.38. The summed E-state index contributed by atoms with van der Waals surface area (Å²) in [4.78, 5) is 0. The fourth-order valence-corrected chi connectivity index (χ4v) is 1.86. The van der Waals surface area contributed by atoms with Crippen molar-refractivity contribution in [1.82, 2.24) is 0 Å². The Balaban J connectivity index is 1.90. The molecule has 17 heavy (non-hydrogen) atoms. The van der Waals surface area contributed by atoms with Gasteiger partial charge >= 0.3 is 0 Å². The van der Waals surface area contributed by atoms with E-state index in [0.29, 0.717) is 38.2 Å². The molecule has 4 heteroatoms. The zero-order valence-corrected chi connectivity index (χ0v) is 9.65. The zero-order valence-electron chi connectivity index (χ0n) is 9.65. The molecule has 0 amide bonds. The van der Waals surface area contributed by atoms with E-state index in [0.717, 1.165) is 5.69 Å². The molecule has 2 rings (SSSR count). The number of nitrogens with one attached hydrogen (secondary N) is 1. The highest BCUT2D eigenvalue weighted by Gasteiger charge is 2.29. The summed E-state index contributed by atoms with van der Waals surface area (Å²) in [6, 6.07) is 9.29. The summed E-state index contributed by atoms with van der Waals surface area (Å²) in [6.07, 6.45) is 1.33. The van der Waals surface area contributed by atoms with Gasteiger partial charge in [-0.05, 0) is 24.3 Å². The van der Waals surface area contributed by atoms with Crippen LogP contribution in [0.25, 0.3) is 0 Å². The number of anilines is 1. The number of aliphatic hydroxyl groups is 1. The molecular formula is C13H16N2O2. The number of benzene rings is 1. The number of nitrogens with zero attached hydrogens (tertiary/aromatic N) is 1. The fraction of sp³-hybridized carbons (Fsp3) is 0.462. The van der Waals surface area contributed by atoms with Crippen molar-refractivity contribution in [3.63, 3.8) is 0 Å². The van der Waals surface area contributed by atoms with Crippen molar-refractivity contribution in [3.05, 3.63) is 29.8 Å². The number of rotatable bonds is 3. The Hall–Kier alpha value is -1.57. The van der Waals surface area contributed by atoms with Crippen molar-refractivity contribution in [1.29, 1.82) is 5.26 Å². The van der Waals surface area contributed by atoms with Crippen LogP contribution in [0.2, 0.25) is 0 Å². The van der Waals surface area contributed by atoms with Gasteiger partial charge in [-0.3, -0.25) is 0 Å². The summed E-state index contributed by atoms with van der Waals surface area (Å²) in [5.74, 6) is 0. The van der Waals surface area contributed by atoms with Crippen molar-refractivity contribution >= 4 is 5.69 Å². The molecule has 0 aliphatic carbocycles. The van der Waals surface area contributed by atoms with Crippen molar-refractivity contribution in [2.75, 3.05) is 25.1 Å². The highest BCUT2D eigenvalue weighted by atomic mass is 16.5. The van der Waals surface area contributed by atoms with Gasteiger partial charge < -0.3 is 15.2 Å². The van der Waals surface area contributed by atoms with Crippen LogP contribution < -0.4 is 5.32 Å². The molecular weight excluding hydrogens is 216 g/mol. The molecule has 0 radical (unpaired) electrons. The molecule has 0 saturated carbocycles. The molecule has 1 aromatic rings. The number of hydrogen-bond donors (Lipinski definition) is 2. The van der Waals surface area contributed by atoms with E-state index >= 15 is 0 Å². The summed E-state index contributed by atoms with van der Waals surface area (Å²) in [6.45, 7) is 1.75. The first-order valence-electron chi connectivity index (χ1n) is 5.76. The molecule has 4 nitrogen and oxygen atoms in total. The first kappa shape index (κ1) is 11.9. The summed E-state index contributed by atoms with van der Waals surface area (Å²) in [5, 5.41) is 22.1. The van der Waals surface area contributed by atoms with E-state index in [4.69, 9.17) is 10.00 Å². The minimum absolute atomic E-state index is 0.516. The van der Waals surface area contributed by atoms with E-state index in [-0.39, 0.29) is 0 Å². The number of ether oxygens (including phenoxy) is 1. The van der Waals surface area contributed by atoms with E-state index in [1.54, 1.807) is 12.1 Å². The van der Waals surface area contributed by atoms with Gasteiger partial charge in [0.15, 0.2) is 0 Å². The molecule has 90 valence electrons. The van der Waals surface area contributed by atoms with Crippen LogP contribution in [0, 0.1) is 11.3 Å². The molecule has 1 aromatic carbocycles. The monoisotopic (exact) mass is 232 g/mol. The van der Waals surface area contributed by atoms with Gasteiger partial charge in [0.25, 0.3) is 0 Å². The van der Waals surface area contributed by atoms with Crippen LogP contribution in [-0.2, 0) is 4.74 Å². The Morgan fingerprint density at radius 2 is 1.94 bits per heavy atom. The van der Waals surface area contributed by atoms with Crippen LogP contribution in [0.4, 0.5) is 5.69 Å². The summed E-state index contributed by atoms with van der Waals surface area (Å²) >= 11 is 0. The lowest BCUT2D eigenvalue weighted by atomic mass is 9.94. The topological polar surface area (TPSA) is 65.3 Å². The molecule has 2 N–H and O–H groups in total. The lowest BCUT2D eigenvalue weighted by Crippen LogP contribution is -2.42. The van der Waals surface area contributed by atoms with E-state index in [9.17, 15) is 5.11 Å².